The van der Waals surface area contributed by atoms with E-state index in [-0.39, 0.29) is 11.2 Å². The van der Waals surface area contributed by atoms with Crippen LogP contribution in [0, 0.1) is 5.82 Å². The van der Waals surface area contributed by atoms with Gasteiger partial charge in [0.2, 0.25) is 0 Å². The van der Waals surface area contributed by atoms with Crippen molar-refractivity contribution in [1.82, 2.24) is 0 Å². The van der Waals surface area contributed by atoms with Gasteiger partial charge in [0.05, 0.1) is 5.69 Å². The van der Waals surface area contributed by atoms with Crippen molar-refractivity contribution in [3.8, 4) is 0 Å². The minimum Gasteiger partial charge on any atom is -0.382 e. The van der Waals surface area contributed by atoms with Gasteiger partial charge >= 0.3 is 0 Å². The molecule has 1 aliphatic carbocycles. The predicted octanol–water partition coefficient (Wildman–Crippen LogP) is 3.97. The first kappa shape index (κ1) is 11.3. The molecule has 1 saturated carbocycles. The minimum absolute atomic E-state index is 0.179. The topological polar surface area (TPSA) is 12.0 Å². The van der Waals surface area contributed by atoms with E-state index < -0.39 is 0 Å². The summed E-state index contributed by atoms with van der Waals surface area (Å²) in [7, 11) is 0. The summed E-state index contributed by atoms with van der Waals surface area (Å²) in [6.45, 7) is 0.804. The Hall–Kier alpha value is -1.83. The van der Waals surface area contributed by atoms with Crippen LogP contribution in [0.15, 0.2) is 54.6 Å². The highest BCUT2D eigenvalue weighted by Crippen LogP contribution is 2.48. The van der Waals surface area contributed by atoms with Crippen LogP contribution >= 0.6 is 0 Å². The lowest BCUT2D eigenvalue weighted by atomic mass is 9.96. The Morgan fingerprint density at radius 3 is 2.28 bits per heavy atom. The maximum atomic E-state index is 13.5. The molecule has 1 nitrogen and oxygen atoms in total. The number of hydrogen-bond acceptors (Lipinski definition) is 1. The fraction of sp³-hybridized carbons (Fsp3) is 0.250. The van der Waals surface area contributed by atoms with Gasteiger partial charge < -0.3 is 5.32 Å². The van der Waals surface area contributed by atoms with Gasteiger partial charge in [-0.05, 0) is 30.5 Å². The van der Waals surface area contributed by atoms with Crippen LogP contribution in [0.4, 0.5) is 10.1 Å². The van der Waals surface area contributed by atoms with E-state index in [0.717, 1.165) is 6.54 Å². The van der Waals surface area contributed by atoms with E-state index in [4.69, 9.17) is 0 Å². The summed E-state index contributed by atoms with van der Waals surface area (Å²) in [5, 5.41) is 3.24. The van der Waals surface area contributed by atoms with Gasteiger partial charge in [0.1, 0.15) is 5.82 Å². The molecule has 2 heteroatoms. The maximum Gasteiger partial charge on any atom is 0.146 e. The number of benzene rings is 2. The molecule has 0 atom stereocenters. The molecule has 0 amide bonds. The van der Waals surface area contributed by atoms with Crippen molar-refractivity contribution in [2.75, 3.05) is 11.9 Å². The summed E-state index contributed by atoms with van der Waals surface area (Å²) < 4.78 is 13.5. The van der Waals surface area contributed by atoms with Crippen molar-refractivity contribution in [2.45, 2.75) is 18.3 Å². The fourth-order valence-corrected chi connectivity index (χ4v) is 2.38. The van der Waals surface area contributed by atoms with Crippen LogP contribution in [0.2, 0.25) is 0 Å². The highest BCUT2D eigenvalue weighted by atomic mass is 19.1. The molecule has 2 aromatic rings. The second kappa shape index (κ2) is 4.45. The van der Waals surface area contributed by atoms with E-state index in [1.54, 1.807) is 12.1 Å². The van der Waals surface area contributed by atoms with E-state index in [0.29, 0.717) is 5.69 Å². The number of para-hydroxylation sites is 1. The summed E-state index contributed by atoms with van der Waals surface area (Å²) in [6.07, 6.45) is 2.36. The second-order valence-corrected chi connectivity index (χ2v) is 4.98. The monoisotopic (exact) mass is 241 g/mol. The summed E-state index contributed by atoms with van der Waals surface area (Å²) in [6, 6.07) is 17.3. The highest BCUT2D eigenvalue weighted by molar-refractivity contribution is 5.46. The quantitative estimate of drug-likeness (QED) is 0.854. The van der Waals surface area contributed by atoms with Gasteiger partial charge in [-0.1, -0.05) is 42.5 Å². The highest BCUT2D eigenvalue weighted by Gasteiger charge is 2.43. The molecule has 1 N–H and O–H groups in total. The van der Waals surface area contributed by atoms with Gasteiger partial charge in [-0.2, -0.15) is 0 Å². The smallest absolute Gasteiger partial charge is 0.146 e. The number of halogens is 1. The van der Waals surface area contributed by atoms with E-state index in [2.05, 4.69) is 29.6 Å². The summed E-state index contributed by atoms with van der Waals surface area (Å²) in [4.78, 5) is 0. The van der Waals surface area contributed by atoms with Crippen LogP contribution < -0.4 is 5.32 Å². The largest absolute Gasteiger partial charge is 0.382 e. The Kier molecular flexibility index (Phi) is 2.78. The first-order chi connectivity index (χ1) is 8.80. The molecule has 0 aromatic heterocycles. The second-order valence-electron chi connectivity index (χ2n) is 4.98. The lowest BCUT2D eigenvalue weighted by Gasteiger charge is -2.17. The third kappa shape index (κ3) is 2.10. The van der Waals surface area contributed by atoms with E-state index in [1.165, 1.54) is 24.5 Å². The third-order valence-electron chi connectivity index (χ3n) is 3.73. The molecular weight excluding hydrogens is 225 g/mol. The van der Waals surface area contributed by atoms with Crippen LogP contribution in [-0.2, 0) is 5.41 Å². The van der Waals surface area contributed by atoms with Crippen molar-refractivity contribution in [2.24, 2.45) is 0 Å². The molecule has 0 bridgehead atoms. The summed E-state index contributed by atoms with van der Waals surface area (Å²) in [5.41, 5.74) is 2.16. The van der Waals surface area contributed by atoms with Crippen molar-refractivity contribution in [3.05, 3.63) is 66.0 Å². The Bertz CT molecular complexity index is 532. The zero-order chi connectivity index (χ0) is 12.4. The van der Waals surface area contributed by atoms with Crippen molar-refractivity contribution in [3.63, 3.8) is 0 Å². The van der Waals surface area contributed by atoms with E-state index in [9.17, 15) is 4.39 Å². The molecule has 92 valence electrons. The average Bonchev–Trinajstić information content (AvgIpc) is 3.20. The van der Waals surface area contributed by atoms with Crippen molar-refractivity contribution in [1.29, 1.82) is 0 Å². The molecule has 2 aromatic carbocycles. The molecule has 18 heavy (non-hydrogen) atoms. The number of rotatable bonds is 4. The summed E-state index contributed by atoms with van der Waals surface area (Å²) in [5.74, 6) is -0.179. The first-order valence-corrected chi connectivity index (χ1v) is 6.34. The van der Waals surface area contributed by atoms with Gasteiger partial charge in [0, 0.05) is 12.0 Å². The van der Waals surface area contributed by atoms with Crippen LogP contribution in [0.5, 0.6) is 0 Å². The summed E-state index contributed by atoms with van der Waals surface area (Å²) >= 11 is 0. The Morgan fingerprint density at radius 1 is 0.944 bits per heavy atom. The molecule has 3 rings (SSSR count). The minimum atomic E-state index is -0.179. The lowest BCUT2D eigenvalue weighted by molar-refractivity contribution is 0.626. The molecular formula is C16H16FN. The van der Waals surface area contributed by atoms with Crippen LogP contribution in [0.3, 0.4) is 0 Å². The van der Waals surface area contributed by atoms with Gasteiger partial charge in [-0.25, -0.2) is 4.39 Å². The van der Waals surface area contributed by atoms with Gasteiger partial charge in [0.25, 0.3) is 0 Å². The molecule has 0 spiro atoms. The average molecular weight is 241 g/mol. The lowest BCUT2D eigenvalue weighted by Crippen LogP contribution is -2.19. The van der Waals surface area contributed by atoms with Crippen LogP contribution in [-0.4, -0.2) is 6.54 Å². The van der Waals surface area contributed by atoms with Gasteiger partial charge in [-0.15, -0.1) is 0 Å². The fourth-order valence-electron chi connectivity index (χ4n) is 2.38. The third-order valence-corrected chi connectivity index (χ3v) is 3.73. The van der Waals surface area contributed by atoms with E-state index in [1.807, 2.05) is 12.1 Å². The molecule has 0 heterocycles. The Labute approximate surface area is 107 Å². The van der Waals surface area contributed by atoms with Crippen LogP contribution in [0.25, 0.3) is 0 Å². The van der Waals surface area contributed by atoms with Crippen molar-refractivity contribution < 1.29 is 4.39 Å². The van der Waals surface area contributed by atoms with Crippen molar-refractivity contribution >= 4 is 5.69 Å². The van der Waals surface area contributed by atoms with E-state index >= 15 is 0 Å². The number of anilines is 1. The molecule has 0 aliphatic heterocycles. The molecule has 0 saturated heterocycles. The molecule has 0 unspecified atom stereocenters. The van der Waals surface area contributed by atoms with Crippen LogP contribution in [0.1, 0.15) is 18.4 Å². The first-order valence-electron chi connectivity index (χ1n) is 6.34. The zero-order valence-corrected chi connectivity index (χ0v) is 10.2. The Morgan fingerprint density at radius 2 is 1.61 bits per heavy atom. The molecule has 1 aliphatic rings. The zero-order valence-electron chi connectivity index (χ0n) is 10.2. The standard InChI is InChI=1S/C16H16FN/c17-14-8-4-5-9-15(14)18-12-16(10-11-16)13-6-2-1-3-7-13/h1-9,18H,10-12H2. The maximum absolute atomic E-state index is 13.5. The Balaban J connectivity index is 1.73. The predicted molar refractivity (Wildman–Crippen MR) is 72.2 cm³/mol. The number of hydrogen-bond donors (Lipinski definition) is 1. The normalized spacial score (nSPS) is 16.3. The molecule has 0 radical (unpaired) electrons. The SMILES string of the molecule is Fc1ccccc1NCC1(c2ccccc2)CC1. The molecule has 1 fully saturated rings. The number of nitrogens with one attached hydrogen (secondary N) is 1. The van der Waals surface area contributed by atoms with Gasteiger partial charge in [-0.3, -0.25) is 0 Å². The van der Waals surface area contributed by atoms with Gasteiger partial charge in [0.15, 0.2) is 0 Å².